The molecular formula is C14H17N3O3. The van der Waals surface area contributed by atoms with Gasteiger partial charge in [0.15, 0.2) is 0 Å². The lowest BCUT2D eigenvalue weighted by molar-refractivity contribution is -0.118. The number of nitrogens with zero attached hydrogens (tertiary/aromatic N) is 3. The van der Waals surface area contributed by atoms with E-state index in [0.717, 1.165) is 11.1 Å². The Morgan fingerprint density at radius 3 is 2.85 bits per heavy atom. The lowest BCUT2D eigenvalue weighted by Gasteiger charge is -2.21. The summed E-state index contributed by atoms with van der Waals surface area (Å²) in [6.45, 7) is 0.147. The molecule has 0 fully saturated rings. The number of azide groups is 1. The number of ketones is 1. The van der Waals surface area contributed by atoms with E-state index < -0.39 is 12.2 Å². The molecule has 20 heavy (non-hydrogen) atoms. The molecule has 1 aliphatic carbocycles. The fourth-order valence-corrected chi connectivity index (χ4v) is 2.42. The highest BCUT2D eigenvalue weighted by atomic mass is 16.3. The number of carbonyl (C=O) groups is 1. The number of Topliss-reactive ketones (excluding diaryl/α,β-unsaturated/α-hetero) is 1. The maximum absolute atomic E-state index is 11.4. The smallest absolute Gasteiger partial charge is 0.137 e. The molecule has 0 saturated carbocycles. The van der Waals surface area contributed by atoms with Crippen LogP contribution in [0.1, 0.15) is 35.6 Å². The van der Waals surface area contributed by atoms with E-state index in [1.54, 1.807) is 6.07 Å². The number of aryl methyl sites for hydroxylation is 1. The number of rotatable bonds is 5. The molecule has 1 aromatic rings. The van der Waals surface area contributed by atoms with Crippen molar-refractivity contribution in [3.05, 3.63) is 45.3 Å². The molecule has 0 aromatic heterocycles. The molecule has 1 aliphatic rings. The van der Waals surface area contributed by atoms with Crippen LogP contribution in [0.15, 0.2) is 23.3 Å². The van der Waals surface area contributed by atoms with E-state index in [2.05, 4.69) is 10.0 Å². The molecule has 6 heteroatoms. The summed E-state index contributed by atoms with van der Waals surface area (Å²) in [5.41, 5.74) is 10.9. The minimum atomic E-state index is -1.01. The number of benzene rings is 1. The second-order valence-electron chi connectivity index (χ2n) is 5.00. The highest BCUT2D eigenvalue weighted by Crippen LogP contribution is 2.25. The van der Waals surface area contributed by atoms with E-state index in [0.29, 0.717) is 24.8 Å². The molecule has 0 amide bonds. The maximum atomic E-state index is 11.4. The fraction of sp³-hybridized carbons (Fsp3) is 0.500. The van der Waals surface area contributed by atoms with Gasteiger partial charge in [0.2, 0.25) is 0 Å². The van der Waals surface area contributed by atoms with Crippen molar-refractivity contribution in [1.29, 1.82) is 0 Å². The van der Waals surface area contributed by atoms with Gasteiger partial charge in [-0.1, -0.05) is 23.3 Å². The van der Waals surface area contributed by atoms with E-state index in [1.807, 2.05) is 12.1 Å². The first-order valence-corrected chi connectivity index (χ1v) is 6.62. The molecular weight excluding hydrogens is 258 g/mol. The minimum absolute atomic E-state index is 0.147. The summed E-state index contributed by atoms with van der Waals surface area (Å²) >= 11 is 0. The van der Waals surface area contributed by atoms with Gasteiger partial charge < -0.3 is 10.2 Å². The van der Waals surface area contributed by atoms with Gasteiger partial charge in [-0.3, -0.25) is 4.79 Å². The first kappa shape index (κ1) is 14.5. The van der Waals surface area contributed by atoms with Gasteiger partial charge in [-0.2, -0.15) is 0 Å². The van der Waals surface area contributed by atoms with Crippen LogP contribution in [0.5, 0.6) is 0 Å². The van der Waals surface area contributed by atoms with Gasteiger partial charge in [-0.15, -0.1) is 0 Å². The molecule has 0 radical (unpaired) electrons. The number of hydrogen-bond acceptors (Lipinski definition) is 4. The third kappa shape index (κ3) is 3.36. The topological polar surface area (TPSA) is 106 Å². The lowest BCUT2D eigenvalue weighted by Crippen LogP contribution is -2.20. The number of aliphatic hydroxyl groups excluding tert-OH is 2. The zero-order valence-corrected chi connectivity index (χ0v) is 11.1. The Morgan fingerprint density at radius 1 is 1.30 bits per heavy atom. The van der Waals surface area contributed by atoms with E-state index in [1.165, 1.54) is 0 Å². The van der Waals surface area contributed by atoms with Crippen LogP contribution in [-0.4, -0.2) is 28.6 Å². The Morgan fingerprint density at radius 2 is 2.10 bits per heavy atom. The maximum Gasteiger partial charge on any atom is 0.137 e. The molecule has 0 spiro atoms. The van der Waals surface area contributed by atoms with Crippen molar-refractivity contribution < 1.29 is 15.0 Å². The van der Waals surface area contributed by atoms with Crippen LogP contribution < -0.4 is 0 Å². The second-order valence-corrected chi connectivity index (χ2v) is 5.00. The Kier molecular flexibility index (Phi) is 4.74. The van der Waals surface area contributed by atoms with Crippen molar-refractivity contribution in [3.8, 4) is 0 Å². The van der Waals surface area contributed by atoms with Crippen molar-refractivity contribution in [2.24, 2.45) is 5.11 Å². The third-order valence-corrected chi connectivity index (χ3v) is 3.59. The standard InChI is InChI=1S/C14H17N3O3/c15-17-16-6-5-13(19)14(20)11-2-1-10-8-12(18)4-3-9(10)7-11/h1-2,7,13-14,19-20H,3-6,8H2. The van der Waals surface area contributed by atoms with E-state index in [9.17, 15) is 15.0 Å². The van der Waals surface area contributed by atoms with Gasteiger partial charge in [0.05, 0.1) is 6.10 Å². The van der Waals surface area contributed by atoms with Crippen LogP contribution in [0.4, 0.5) is 0 Å². The molecule has 2 rings (SSSR count). The van der Waals surface area contributed by atoms with Gasteiger partial charge >= 0.3 is 0 Å². The van der Waals surface area contributed by atoms with Gasteiger partial charge in [0.1, 0.15) is 11.9 Å². The van der Waals surface area contributed by atoms with Crippen molar-refractivity contribution in [1.82, 2.24) is 0 Å². The van der Waals surface area contributed by atoms with Crippen LogP contribution in [0.25, 0.3) is 10.4 Å². The normalized spacial score (nSPS) is 17.0. The summed E-state index contributed by atoms with van der Waals surface area (Å²) in [4.78, 5) is 14.0. The molecule has 0 saturated heterocycles. The summed E-state index contributed by atoms with van der Waals surface area (Å²) in [5.74, 6) is 0.236. The number of aliphatic hydroxyl groups is 2. The third-order valence-electron chi connectivity index (χ3n) is 3.59. The molecule has 2 atom stereocenters. The lowest BCUT2D eigenvalue weighted by atomic mass is 9.88. The molecule has 106 valence electrons. The Balaban J connectivity index is 2.08. The summed E-state index contributed by atoms with van der Waals surface area (Å²) < 4.78 is 0. The second kappa shape index (κ2) is 6.52. The van der Waals surface area contributed by atoms with Crippen molar-refractivity contribution in [2.75, 3.05) is 6.54 Å². The molecule has 0 bridgehead atoms. The van der Waals surface area contributed by atoms with Gasteiger partial charge in [-0.05, 0) is 35.1 Å². The van der Waals surface area contributed by atoms with Crippen LogP contribution >= 0.6 is 0 Å². The molecule has 2 N–H and O–H groups in total. The minimum Gasteiger partial charge on any atom is -0.390 e. The van der Waals surface area contributed by atoms with Crippen LogP contribution in [0, 0.1) is 0 Å². The van der Waals surface area contributed by atoms with Crippen LogP contribution in [-0.2, 0) is 17.6 Å². The average molecular weight is 275 g/mol. The van der Waals surface area contributed by atoms with E-state index in [4.69, 9.17) is 5.53 Å². The summed E-state index contributed by atoms with van der Waals surface area (Å²) in [6.07, 6.45) is -0.0998. The van der Waals surface area contributed by atoms with Crippen molar-refractivity contribution in [3.63, 3.8) is 0 Å². The molecule has 6 nitrogen and oxygen atoms in total. The molecule has 1 aromatic carbocycles. The number of fused-ring (bicyclic) bond motifs is 1. The monoisotopic (exact) mass is 275 g/mol. The fourth-order valence-electron chi connectivity index (χ4n) is 2.42. The first-order chi connectivity index (χ1) is 9.61. The Hall–Kier alpha value is -1.88. The quantitative estimate of drug-likeness (QED) is 0.486. The zero-order chi connectivity index (χ0) is 14.5. The van der Waals surface area contributed by atoms with Gasteiger partial charge in [-0.25, -0.2) is 0 Å². The van der Waals surface area contributed by atoms with Crippen molar-refractivity contribution >= 4 is 5.78 Å². The summed E-state index contributed by atoms with van der Waals surface area (Å²) in [7, 11) is 0. The number of carbonyl (C=O) groups excluding carboxylic acids is 1. The highest BCUT2D eigenvalue weighted by molar-refractivity contribution is 5.83. The number of hydrogen-bond donors (Lipinski definition) is 2. The molecule has 2 unspecified atom stereocenters. The average Bonchev–Trinajstić information content (AvgIpc) is 2.46. The SMILES string of the molecule is [N-]=[N+]=NCCC(O)C(O)c1ccc2c(c1)CCC(=O)C2. The highest BCUT2D eigenvalue weighted by Gasteiger charge is 2.21. The first-order valence-electron chi connectivity index (χ1n) is 6.62. The summed E-state index contributed by atoms with van der Waals surface area (Å²) in [5, 5.41) is 23.3. The van der Waals surface area contributed by atoms with E-state index >= 15 is 0 Å². The zero-order valence-electron chi connectivity index (χ0n) is 11.1. The van der Waals surface area contributed by atoms with Gasteiger partial charge in [0.25, 0.3) is 0 Å². The predicted octanol–water partition coefficient (Wildman–Crippen LogP) is 1.84. The molecule has 0 heterocycles. The Bertz CT molecular complexity index is 553. The van der Waals surface area contributed by atoms with Crippen LogP contribution in [0.2, 0.25) is 0 Å². The summed E-state index contributed by atoms with van der Waals surface area (Å²) in [6, 6.07) is 5.42. The van der Waals surface area contributed by atoms with Crippen LogP contribution in [0.3, 0.4) is 0 Å². The Labute approximate surface area is 116 Å². The molecule has 0 aliphatic heterocycles. The predicted molar refractivity (Wildman–Crippen MR) is 73.1 cm³/mol. The van der Waals surface area contributed by atoms with Gasteiger partial charge in [0, 0.05) is 24.3 Å². The van der Waals surface area contributed by atoms with Crippen molar-refractivity contribution in [2.45, 2.75) is 37.9 Å². The largest absolute Gasteiger partial charge is 0.390 e. The van der Waals surface area contributed by atoms with E-state index in [-0.39, 0.29) is 18.7 Å².